The minimum absolute atomic E-state index is 0.116. The largest absolute Gasteiger partial charge is 0.341 e. The van der Waals surface area contributed by atoms with Crippen LogP contribution < -0.4 is 5.32 Å². The molecule has 1 amide bonds. The number of piperidine rings is 1. The van der Waals surface area contributed by atoms with Crippen molar-refractivity contribution >= 4 is 17.2 Å². The van der Waals surface area contributed by atoms with E-state index < -0.39 is 0 Å². The maximum Gasteiger partial charge on any atom is 0.239 e. The SMILES string of the molecule is CC(NCc1cscn1)C(=O)N1CCCCC1. The van der Waals surface area contributed by atoms with Crippen LogP contribution in [0.3, 0.4) is 0 Å². The molecular formula is C12H19N3OS. The Kier molecular flexibility index (Phi) is 4.50. The number of carbonyl (C=O) groups is 1. The van der Waals surface area contributed by atoms with Gasteiger partial charge in [0, 0.05) is 25.0 Å². The van der Waals surface area contributed by atoms with Crippen molar-refractivity contribution in [2.45, 2.75) is 38.8 Å². The standard InChI is InChI=1S/C12H19N3OS/c1-10(13-7-11-8-17-9-14-11)12(16)15-5-3-2-4-6-15/h8-10,13H,2-7H2,1H3. The Hall–Kier alpha value is -0.940. The maximum absolute atomic E-state index is 12.1. The summed E-state index contributed by atoms with van der Waals surface area (Å²) in [6.07, 6.45) is 3.54. The number of thiazole rings is 1. The molecule has 1 aromatic rings. The number of hydrogen-bond donors (Lipinski definition) is 1. The van der Waals surface area contributed by atoms with Crippen molar-refractivity contribution in [2.24, 2.45) is 0 Å². The van der Waals surface area contributed by atoms with Crippen LogP contribution in [-0.4, -0.2) is 34.9 Å². The number of aromatic nitrogens is 1. The fourth-order valence-corrected chi connectivity index (χ4v) is 2.62. The average molecular weight is 253 g/mol. The third kappa shape index (κ3) is 3.51. The Labute approximate surface area is 106 Å². The van der Waals surface area contributed by atoms with E-state index in [1.165, 1.54) is 6.42 Å². The van der Waals surface area contributed by atoms with Gasteiger partial charge in [0.15, 0.2) is 0 Å². The molecule has 0 bridgehead atoms. The second kappa shape index (κ2) is 6.12. The van der Waals surface area contributed by atoms with Crippen LogP contribution in [0.1, 0.15) is 31.9 Å². The highest BCUT2D eigenvalue weighted by Crippen LogP contribution is 2.10. The summed E-state index contributed by atoms with van der Waals surface area (Å²) in [5.41, 5.74) is 2.82. The van der Waals surface area contributed by atoms with Gasteiger partial charge in [0.05, 0.1) is 17.2 Å². The van der Waals surface area contributed by atoms with Crippen LogP contribution in [0, 0.1) is 0 Å². The molecule has 1 fully saturated rings. The zero-order chi connectivity index (χ0) is 12.1. The molecule has 1 atom stereocenters. The number of nitrogens with zero attached hydrogens (tertiary/aromatic N) is 2. The lowest BCUT2D eigenvalue weighted by atomic mass is 10.1. The summed E-state index contributed by atoms with van der Waals surface area (Å²) < 4.78 is 0. The molecule has 0 spiro atoms. The van der Waals surface area contributed by atoms with Crippen LogP contribution in [-0.2, 0) is 11.3 Å². The number of likely N-dealkylation sites (tertiary alicyclic amines) is 1. The van der Waals surface area contributed by atoms with Gasteiger partial charge in [0.2, 0.25) is 5.91 Å². The molecule has 0 saturated carbocycles. The predicted molar refractivity (Wildman–Crippen MR) is 68.8 cm³/mol. The summed E-state index contributed by atoms with van der Waals surface area (Å²) in [5.74, 6) is 0.222. The van der Waals surface area contributed by atoms with Crippen molar-refractivity contribution in [3.05, 3.63) is 16.6 Å². The zero-order valence-corrected chi connectivity index (χ0v) is 11.0. The molecule has 1 saturated heterocycles. The third-order valence-electron chi connectivity index (χ3n) is 3.11. The molecule has 0 aromatic carbocycles. The second-order valence-electron chi connectivity index (χ2n) is 4.47. The minimum atomic E-state index is -0.116. The molecule has 2 heterocycles. The lowest BCUT2D eigenvalue weighted by Gasteiger charge is -2.29. The Morgan fingerprint density at radius 3 is 2.94 bits per heavy atom. The van der Waals surface area contributed by atoms with Crippen molar-refractivity contribution in [3.63, 3.8) is 0 Å². The van der Waals surface area contributed by atoms with Gasteiger partial charge in [-0.1, -0.05) is 0 Å². The summed E-state index contributed by atoms with van der Waals surface area (Å²) >= 11 is 1.58. The molecule has 1 N–H and O–H groups in total. The fourth-order valence-electron chi connectivity index (χ4n) is 2.06. The first-order valence-corrected chi connectivity index (χ1v) is 7.11. The number of rotatable bonds is 4. The summed E-state index contributed by atoms with van der Waals surface area (Å²) in [4.78, 5) is 18.3. The van der Waals surface area contributed by atoms with Crippen molar-refractivity contribution in [2.75, 3.05) is 13.1 Å². The Morgan fingerprint density at radius 2 is 2.29 bits per heavy atom. The Morgan fingerprint density at radius 1 is 1.53 bits per heavy atom. The normalized spacial score (nSPS) is 18.1. The van der Waals surface area contributed by atoms with Gasteiger partial charge in [-0.05, 0) is 26.2 Å². The van der Waals surface area contributed by atoms with Crippen LogP contribution >= 0.6 is 11.3 Å². The van der Waals surface area contributed by atoms with Gasteiger partial charge in [0.1, 0.15) is 0 Å². The molecule has 2 rings (SSSR count). The molecule has 1 aromatic heterocycles. The molecule has 0 aliphatic carbocycles. The summed E-state index contributed by atoms with van der Waals surface area (Å²) in [6, 6.07) is -0.116. The molecule has 1 aliphatic heterocycles. The van der Waals surface area contributed by atoms with Crippen LogP contribution in [0.15, 0.2) is 10.9 Å². The van der Waals surface area contributed by atoms with Gasteiger partial charge in [-0.25, -0.2) is 4.98 Å². The molecule has 1 unspecified atom stereocenters. The second-order valence-corrected chi connectivity index (χ2v) is 5.19. The van der Waals surface area contributed by atoms with Gasteiger partial charge >= 0.3 is 0 Å². The predicted octanol–water partition coefficient (Wildman–Crippen LogP) is 1.63. The highest BCUT2D eigenvalue weighted by atomic mass is 32.1. The van der Waals surface area contributed by atoms with E-state index in [2.05, 4.69) is 10.3 Å². The van der Waals surface area contributed by atoms with Gasteiger partial charge in [-0.15, -0.1) is 11.3 Å². The van der Waals surface area contributed by atoms with E-state index in [1.807, 2.05) is 22.7 Å². The van der Waals surface area contributed by atoms with Crippen LogP contribution in [0.5, 0.6) is 0 Å². The Balaban J connectivity index is 1.78. The highest BCUT2D eigenvalue weighted by Gasteiger charge is 2.21. The van der Waals surface area contributed by atoms with Crippen molar-refractivity contribution < 1.29 is 4.79 Å². The van der Waals surface area contributed by atoms with Crippen molar-refractivity contribution in [3.8, 4) is 0 Å². The highest BCUT2D eigenvalue weighted by molar-refractivity contribution is 7.07. The number of hydrogen-bond acceptors (Lipinski definition) is 4. The zero-order valence-electron chi connectivity index (χ0n) is 10.2. The maximum atomic E-state index is 12.1. The van der Waals surface area contributed by atoms with E-state index >= 15 is 0 Å². The quantitative estimate of drug-likeness (QED) is 0.887. The molecule has 5 heteroatoms. The first kappa shape index (κ1) is 12.5. The molecular weight excluding hydrogens is 234 g/mol. The average Bonchev–Trinajstić information content (AvgIpc) is 2.89. The fraction of sp³-hybridized carbons (Fsp3) is 0.667. The minimum Gasteiger partial charge on any atom is -0.341 e. The van der Waals surface area contributed by atoms with Crippen LogP contribution in [0.25, 0.3) is 0 Å². The van der Waals surface area contributed by atoms with Crippen LogP contribution in [0.4, 0.5) is 0 Å². The first-order chi connectivity index (χ1) is 8.27. The first-order valence-electron chi connectivity index (χ1n) is 6.16. The summed E-state index contributed by atoms with van der Waals surface area (Å²) in [6.45, 7) is 4.44. The van der Waals surface area contributed by atoms with Gasteiger partial charge < -0.3 is 10.2 Å². The molecule has 4 nitrogen and oxygen atoms in total. The molecule has 0 radical (unpaired) electrons. The third-order valence-corrected chi connectivity index (χ3v) is 3.75. The summed E-state index contributed by atoms with van der Waals surface area (Å²) in [5, 5.41) is 5.24. The summed E-state index contributed by atoms with van der Waals surface area (Å²) in [7, 11) is 0. The van der Waals surface area contributed by atoms with E-state index in [1.54, 1.807) is 11.3 Å². The molecule has 17 heavy (non-hydrogen) atoms. The number of nitrogens with one attached hydrogen (secondary N) is 1. The smallest absolute Gasteiger partial charge is 0.239 e. The van der Waals surface area contributed by atoms with E-state index in [9.17, 15) is 4.79 Å². The lowest BCUT2D eigenvalue weighted by Crippen LogP contribution is -2.46. The lowest BCUT2D eigenvalue weighted by molar-refractivity contribution is -0.133. The topological polar surface area (TPSA) is 45.2 Å². The van der Waals surface area contributed by atoms with E-state index in [-0.39, 0.29) is 11.9 Å². The van der Waals surface area contributed by atoms with Crippen molar-refractivity contribution in [1.29, 1.82) is 0 Å². The number of carbonyl (C=O) groups excluding carboxylic acids is 1. The van der Waals surface area contributed by atoms with Crippen molar-refractivity contribution in [1.82, 2.24) is 15.2 Å². The van der Waals surface area contributed by atoms with E-state index in [0.717, 1.165) is 31.6 Å². The molecule has 94 valence electrons. The molecule has 1 aliphatic rings. The van der Waals surface area contributed by atoms with Gasteiger partial charge in [-0.3, -0.25) is 4.79 Å². The van der Waals surface area contributed by atoms with E-state index in [4.69, 9.17) is 0 Å². The monoisotopic (exact) mass is 253 g/mol. The van der Waals surface area contributed by atoms with Gasteiger partial charge in [-0.2, -0.15) is 0 Å². The van der Waals surface area contributed by atoms with E-state index in [0.29, 0.717) is 6.54 Å². The van der Waals surface area contributed by atoms with Crippen LogP contribution in [0.2, 0.25) is 0 Å². The van der Waals surface area contributed by atoms with Gasteiger partial charge in [0.25, 0.3) is 0 Å². The Bertz CT molecular complexity index is 347. The number of amides is 1.